The number of nitrogens with one attached hydrogen (secondary N) is 1. The van der Waals surface area contributed by atoms with Gasteiger partial charge in [-0.1, -0.05) is 6.07 Å². The second-order valence-corrected chi connectivity index (χ2v) is 5.07. The Kier molecular flexibility index (Phi) is 4.13. The molecule has 3 unspecified atom stereocenters. The molecule has 1 aromatic rings. The molecule has 3 heteroatoms. The Balaban J connectivity index is 1.97. The molecule has 0 radical (unpaired) electrons. The maximum Gasteiger partial charge on any atom is 0.0551 e. The molecular weight excluding hydrogens is 212 g/mol. The van der Waals surface area contributed by atoms with E-state index in [1.807, 2.05) is 13.2 Å². The zero-order valence-electron chi connectivity index (χ0n) is 10.9. The van der Waals surface area contributed by atoms with Crippen molar-refractivity contribution in [2.24, 2.45) is 5.92 Å². The van der Waals surface area contributed by atoms with Crippen LogP contribution >= 0.6 is 0 Å². The van der Waals surface area contributed by atoms with Gasteiger partial charge in [-0.2, -0.15) is 0 Å². The second-order valence-electron chi connectivity index (χ2n) is 5.07. The fourth-order valence-corrected chi connectivity index (χ4v) is 2.48. The van der Waals surface area contributed by atoms with Crippen molar-refractivity contribution in [1.82, 2.24) is 10.3 Å². The average Bonchev–Trinajstić information content (AvgIpc) is 2.75. The third kappa shape index (κ3) is 3.27. The van der Waals surface area contributed by atoms with Crippen LogP contribution in [0.5, 0.6) is 0 Å². The highest BCUT2D eigenvalue weighted by Crippen LogP contribution is 2.23. The highest BCUT2D eigenvalue weighted by molar-refractivity contribution is 5.13. The van der Waals surface area contributed by atoms with E-state index in [2.05, 4.69) is 36.3 Å². The van der Waals surface area contributed by atoms with Crippen LogP contribution in [-0.4, -0.2) is 30.8 Å². The molecule has 0 bridgehead atoms. The van der Waals surface area contributed by atoms with Gasteiger partial charge in [-0.15, -0.1) is 0 Å². The molecule has 1 aliphatic heterocycles. The molecule has 1 N–H and O–H groups in total. The van der Waals surface area contributed by atoms with E-state index in [0.717, 1.165) is 25.1 Å². The number of likely N-dealkylation sites (N-methyl/N-ethyl adjacent to an activating group) is 1. The molecule has 1 saturated heterocycles. The normalized spacial score (nSPS) is 26.1. The van der Waals surface area contributed by atoms with Crippen molar-refractivity contribution in [3.8, 4) is 0 Å². The molecule has 0 spiro atoms. The fraction of sp³-hybridized carbons (Fsp3) is 0.643. The van der Waals surface area contributed by atoms with Crippen molar-refractivity contribution in [3.63, 3.8) is 0 Å². The maximum atomic E-state index is 5.64. The highest BCUT2D eigenvalue weighted by atomic mass is 16.5. The summed E-state index contributed by atoms with van der Waals surface area (Å²) in [5.41, 5.74) is 2.38. The summed E-state index contributed by atoms with van der Waals surface area (Å²) in [6, 6.07) is 4.72. The van der Waals surface area contributed by atoms with Gasteiger partial charge >= 0.3 is 0 Å². The van der Waals surface area contributed by atoms with Crippen molar-refractivity contribution in [1.29, 1.82) is 0 Å². The minimum Gasteiger partial charge on any atom is -0.378 e. The Labute approximate surface area is 104 Å². The van der Waals surface area contributed by atoms with Gasteiger partial charge in [-0.25, -0.2) is 0 Å². The van der Waals surface area contributed by atoms with Gasteiger partial charge in [0.05, 0.1) is 12.7 Å². The Morgan fingerprint density at radius 3 is 2.88 bits per heavy atom. The lowest BCUT2D eigenvalue weighted by Crippen LogP contribution is -2.36. The molecule has 0 saturated carbocycles. The molecule has 1 aliphatic rings. The van der Waals surface area contributed by atoms with Crippen LogP contribution in [0, 0.1) is 12.8 Å². The van der Waals surface area contributed by atoms with Crippen molar-refractivity contribution in [2.75, 3.05) is 13.7 Å². The van der Waals surface area contributed by atoms with E-state index >= 15 is 0 Å². The van der Waals surface area contributed by atoms with E-state index < -0.39 is 0 Å². The Morgan fingerprint density at radius 2 is 2.35 bits per heavy atom. The quantitative estimate of drug-likeness (QED) is 0.864. The summed E-state index contributed by atoms with van der Waals surface area (Å²) in [7, 11) is 2.03. The zero-order chi connectivity index (χ0) is 12.3. The minimum absolute atomic E-state index is 0.404. The van der Waals surface area contributed by atoms with Crippen molar-refractivity contribution < 1.29 is 4.74 Å². The molecule has 3 nitrogen and oxygen atoms in total. The van der Waals surface area contributed by atoms with Crippen LogP contribution in [-0.2, 0) is 11.2 Å². The summed E-state index contributed by atoms with van der Waals surface area (Å²) in [5, 5.41) is 3.41. The lowest BCUT2D eigenvalue weighted by molar-refractivity contribution is 0.117. The maximum absolute atomic E-state index is 5.64. The van der Waals surface area contributed by atoms with E-state index in [-0.39, 0.29) is 0 Å². The lowest BCUT2D eigenvalue weighted by atomic mass is 9.93. The molecule has 17 heavy (non-hydrogen) atoms. The predicted molar refractivity (Wildman–Crippen MR) is 69.0 cm³/mol. The van der Waals surface area contributed by atoms with E-state index in [9.17, 15) is 0 Å². The number of pyridine rings is 1. The first-order chi connectivity index (χ1) is 8.19. The van der Waals surface area contributed by atoms with Gasteiger partial charge < -0.3 is 10.1 Å². The highest BCUT2D eigenvalue weighted by Gasteiger charge is 2.28. The number of hydrogen-bond acceptors (Lipinski definition) is 3. The molecule has 1 fully saturated rings. The Hall–Kier alpha value is -0.930. The van der Waals surface area contributed by atoms with Crippen LogP contribution in [0.15, 0.2) is 18.3 Å². The van der Waals surface area contributed by atoms with Crippen LogP contribution in [0.25, 0.3) is 0 Å². The van der Waals surface area contributed by atoms with Gasteiger partial charge in [0, 0.05) is 30.3 Å². The topological polar surface area (TPSA) is 34.2 Å². The molecule has 1 aromatic heterocycles. The summed E-state index contributed by atoms with van der Waals surface area (Å²) in [6.07, 6.45) is 4.48. The van der Waals surface area contributed by atoms with Gasteiger partial charge in [0.2, 0.25) is 0 Å². The van der Waals surface area contributed by atoms with Gasteiger partial charge in [0.15, 0.2) is 0 Å². The van der Waals surface area contributed by atoms with Crippen LogP contribution < -0.4 is 5.32 Å². The van der Waals surface area contributed by atoms with Crippen molar-refractivity contribution in [2.45, 2.75) is 38.8 Å². The summed E-state index contributed by atoms with van der Waals surface area (Å²) >= 11 is 0. The first-order valence-electron chi connectivity index (χ1n) is 6.39. The largest absolute Gasteiger partial charge is 0.378 e. The average molecular weight is 234 g/mol. The smallest absolute Gasteiger partial charge is 0.0551 e. The molecule has 94 valence electrons. The number of aryl methyl sites for hydroxylation is 1. The molecule has 0 aromatic carbocycles. The third-order valence-electron chi connectivity index (χ3n) is 3.57. The number of hydrogen-bond donors (Lipinski definition) is 1. The first-order valence-corrected chi connectivity index (χ1v) is 6.39. The van der Waals surface area contributed by atoms with Crippen LogP contribution in [0.1, 0.15) is 24.6 Å². The van der Waals surface area contributed by atoms with E-state index in [1.165, 1.54) is 5.56 Å². The van der Waals surface area contributed by atoms with E-state index in [1.54, 1.807) is 0 Å². The van der Waals surface area contributed by atoms with Crippen LogP contribution in [0.3, 0.4) is 0 Å². The van der Waals surface area contributed by atoms with E-state index in [0.29, 0.717) is 18.1 Å². The summed E-state index contributed by atoms with van der Waals surface area (Å²) < 4.78 is 5.64. The molecule has 3 atom stereocenters. The second kappa shape index (κ2) is 5.61. The van der Waals surface area contributed by atoms with Gasteiger partial charge in [0.1, 0.15) is 0 Å². The number of ether oxygens (including phenoxy) is 1. The van der Waals surface area contributed by atoms with Crippen LogP contribution in [0.2, 0.25) is 0 Å². The van der Waals surface area contributed by atoms with Crippen molar-refractivity contribution in [3.05, 3.63) is 29.6 Å². The molecule has 2 rings (SSSR count). The summed E-state index contributed by atoms with van der Waals surface area (Å²) in [5.74, 6) is 0.609. The number of aromatic nitrogens is 1. The lowest BCUT2D eigenvalue weighted by Gasteiger charge is -2.21. The first kappa shape index (κ1) is 12.5. The third-order valence-corrected chi connectivity index (χ3v) is 3.57. The molecule has 0 aliphatic carbocycles. The minimum atomic E-state index is 0.404. The number of rotatable bonds is 4. The zero-order valence-corrected chi connectivity index (χ0v) is 10.9. The summed E-state index contributed by atoms with van der Waals surface area (Å²) in [4.78, 5) is 4.48. The van der Waals surface area contributed by atoms with Crippen molar-refractivity contribution >= 4 is 0 Å². The SMILES string of the molecule is CNC(Cc1ccc(C)cn1)C1COC(C)C1. The van der Waals surface area contributed by atoms with Crippen LogP contribution in [0.4, 0.5) is 0 Å². The standard InChI is InChI=1S/C14H22N2O/c1-10-4-5-13(16-8-10)7-14(15-3)12-6-11(2)17-9-12/h4-5,8,11-12,14-15H,6-7,9H2,1-3H3. The molecule has 0 amide bonds. The Bertz CT molecular complexity index is 350. The van der Waals surface area contributed by atoms with Gasteiger partial charge in [-0.3, -0.25) is 4.98 Å². The molecular formula is C14H22N2O. The monoisotopic (exact) mass is 234 g/mol. The van der Waals surface area contributed by atoms with Gasteiger partial charge in [-0.05, 0) is 38.9 Å². The van der Waals surface area contributed by atoms with E-state index in [4.69, 9.17) is 4.74 Å². The fourth-order valence-electron chi connectivity index (χ4n) is 2.48. The predicted octanol–water partition coefficient (Wildman–Crippen LogP) is 1.95. The van der Waals surface area contributed by atoms with Gasteiger partial charge in [0.25, 0.3) is 0 Å². The molecule has 2 heterocycles. The Morgan fingerprint density at radius 1 is 1.53 bits per heavy atom. The number of nitrogens with zero attached hydrogens (tertiary/aromatic N) is 1. The summed E-state index contributed by atoms with van der Waals surface area (Å²) in [6.45, 7) is 5.09.